The number of nitrogens with one attached hydrogen (secondary N) is 1. The van der Waals surface area contributed by atoms with E-state index >= 15 is 0 Å². The van der Waals surface area contributed by atoms with Gasteiger partial charge in [0.15, 0.2) is 0 Å². The summed E-state index contributed by atoms with van der Waals surface area (Å²) in [5.74, 6) is 0. The third-order valence-electron chi connectivity index (χ3n) is 3.05. The van der Waals surface area contributed by atoms with Crippen molar-refractivity contribution in [2.75, 3.05) is 33.2 Å². The van der Waals surface area contributed by atoms with Crippen LogP contribution < -0.4 is 5.32 Å². The molecule has 0 saturated carbocycles. The fourth-order valence-corrected chi connectivity index (χ4v) is 1.92. The molecule has 0 atom stereocenters. The maximum Gasteiger partial charge on any atom is 0.00212 e. The molecule has 0 unspecified atom stereocenters. The Labute approximate surface area is 104 Å². The number of likely N-dealkylation sites (tertiary alicyclic amines) is 1. The Morgan fingerprint density at radius 1 is 0.812 bits per heavy atom. The smallest absolute Gasteiger partial charge is 0.00212 e. The largest absolute Gasteiger partial charge is 0.316 e. The summed E-state index contributed by atoms with van der Waals surface area (Å²) < 4.78 is 0. The molecule has 2 aliphatic heterocycles. The Morgan fingerprint density at radius 2 is 1.19 bits per heavy atom. The third kappa shape index (κ3) is 5.86. The zero-order valence-electron chi connectivity index (χ0n) is 12.7. The van der Waals surface area contributed by atoms with Crippen LogP contribution >= 0.6 is 0 Å². The molecule has 1 spiro atoms. The van der Waals surface area contributed by atoms with E-state index in [2.05, 4.69) is 17.3 Å². The van der Waals surface area contributed by atoms with Crippen molar-refractivity contribution in [3.63, 3.8) is 0 Å². The molecular weight excluding hydrogens is 196 g/mol. The van der Waals surface area contributed by atoms with Crippen molar-refractivity contribution < 1.29 is 0 Å². The van der Waals surface area contributed by atoms with Crippen LogP contribution in [0.15, 0.2) is 0 Å². The van der Waals surface area contributed by atoms with E-state index in [1.807, 2.05) is 41.5 Å². The maximum absolute atomic E-state index is 3.37. The molecule has 0 bridgehead atoms. The van der Waals surface area contributed by atoms with Crippen molar-refractivity contribution in [1.29, 1.82) is 0 Å². The number of rotatable bonds is 0. The number of nitrogens with zero attached hydrogens (tertiary/aromatic N) is 1. The van der Waals surface area contributed by atoms with Crippen molar-refractivity contribution >= 4 is 0 Å². The highest BCUT2D eigenvalue weighted by Crippen LogP contribution is 2.34. The van der Waals surface area contributed by atoms with Gasteiger partial charge in [0, 0.05) is 13.1 Å². The van der Waals surface area contributed by atoms with E-state index < -0.39 is 0 Å². The first-order valence-corrected chi connectivity index (χ1v) is 7.20. The molecule has 2 aliphatic rings. The van der Waals surface area contributed by atoms with Crippen LogP contribution in [0.2, 0.25) is 0 Å². The first kappa shape index (κ1) is 18.3. The van der Waals surface area contributed by atoms with E-state index in [1.54, 1.807) is 0 Å². The quantitative estimate of drug-likeness (QED) is 0.686. The van der Waals surface area contributed by atoms with Gasteiger partial charge in [-0.1, -0.05) is 41.5 Å². The molecule has 16 heavy (non-hydrogen) atoms. The summed E-state index contributed by atoms with van der Waals surface area (Å²) in [6.07, 6.45) is 2.83. The topological polar surface area (TPSA) is 15.3 Å². The summed E-state index contributed by atoms with van der Waals surface area (Å²) in [6.45, 7) is 17.2. The summed E-state index contributed by atoms with van der Waals surface area (Å²) >= 11 is 0. The molecule has 0 aliphatic carbocycles. The molecule has 2 rings (SSSR count). The van der Waals surface area contributed by atoms with E-state index in [0.717, 1.165) is 5.41 Å². The minimum absolute atomic E-state index is 0.729. The first-order chi connectivity index (χ1) is 7.81. The monoisotopic (exact) mass is 230 g/mol. The van der Waals surface area contributed by atoms with Gasteiger partial charge < -0.3 is 10.2 Å². The Morgan fingerprint density at radius 3 is 1.44 bits per heavy atom. The second kappa shape index (κ2) is 11.4. The summed E-state index contributed by atoms with van der Waals surface area (Å²) in [5.41, 5.74) is 0.729. The third-order valence-corrected chi connectivity index (χ3v) is 3.05. The molecule has 2 heterocycles. The van der Waals surface area contributed by atoms with Gasteiger partial charge in [-0.3, -0.25) is 0 Å². The minimum Gasteiger partial charge on any atom is -0.316 e. The second-order valence-corrected chi connectivity index (χ2v) is 3.91. The van der Waals surface area contributed by atoms with Gasteiger partial charge in [0.05, 0.1) is 0 Å². The van der Waals surface area contributed by atoms with Crippen molar-refractivity contribution in [3.8, 4) is 0 Å². The summed E-state index contributed by atoms with van der Waals surface area (Å²) in [7, 11) is 2.22. The van der Waals surface area contributed by atoms with Crippen molar-refractivity contribution in [1.82, 2.24) is 10.2 Å². The lowest BCUT2D eigenvalue weighted by atomic mass is 9.74. The molecule has 0 aromatic carbocycles. The SMILES string of the molecule is CC.CC.CC.CN1CCC2(CC1)CNC2. The van der Waals surface area contributed by atoms with Gasteiger partial charge in [0.25, 0.3) is 0 Å². The molecule has 2 heteroatoms. The van der Waals surface area contributed by atoms with Gasteiger partial charge in [-0.2, -0.15) is 0 Å². The average Bonchev–Trinajstić information content (AvgIpc) is 2.36. The molecule has 2 nitrogen and oxygen atoms in total. The fourth-order valence-electron chi connectivity index (χ4n) is 1.92. The van der Waals surface area contributed by atoms with E-state index in [1.165, 1.54) is 39.0 Å². The van der Waals surface area contributed by atoms with Gasteiger partial charge >= 0.3 is 0 Å². The molecule has 2 fully saturated rings. The lowest BCUT2D eigenvalue weighted by molar-refractivity contribution is 0.0671. The van der Waals surface area contributed by atoms with Crippen molar-refractivity contribution in [3.05, 3.63) is 0 Å². The van der Waals surface area contributed by atoms with Crippen molar-refractivity contribution in [2.45, 2.75) is 54.4 Å². The number of hydrogen-bond acceptors (Lipinski definition) is 2. The molecular formula is C14H34N2. The zero-order chi connectivity index (χ0) is 13.0. The molecule has 2 saturated heterocycles. The van der Waals surface area contributed by atoms with Gasteiger partial charge in [0.1, 0.15) is 0 Å². The van der Waals surface area contributed by atoms with Crippen molar-refractivity contribution in [2.24, 2.45) is 5.41 Å². The van der Waals surface area contributed by atoms with Crippen LogP contribution in [0.4, 0.5) is 0 Å². The normalized spacial score (nSPS) is 21.2. The second-order valence-electron chi connectivity index (χ2n) is 3.91. The molecule has 0 aromatic heterocycles. The highest BCUT2D eigenvalue weighted by atomic mass is 15.1. The summed E-state index contributed by atoms with van der Waals surface area (Å²) in [6, 6.07) is 0. The van der Waals surface area contributed by atoms with Gasteiger partial charge in [-0.15, -0.1) is 0 Å². The summed E-state index contributed by atoms with van der Waals surface area (Å²) in [5, 5.41) is 3.37. The zero-order valence-corrected chi connectivity index (χ0v) is 12.7. The maximum atomic E-state index is 3.37. The van der Waals surface area contributed by atoms with Crippen LogP contribution in [0.5, 0.6) is 0 Å². The van der Waals surface area contributed by atoms with Crippen LogP contribution in [-0.2, 0) is 0 Å². The molecule has 0 aromatic rings. The Kier molecular flexibility index (Phi) is 13.0. The van der Waals surface area contributed by atoms with E-state index in [-0.39, 0.29) is 0 Å². The van der Waals surface area contributed by atoms with Crippen LogP contribution in [0, 0.1) is 5.41 Å². The molecule has 0 amide bonds. The van der Waals surface area contributed by atoms with Crippen LogP contribution in [0.3, 0.4) is 0 Å². The van der Waals surface area contributed by atoms with Crippen LogP contribution in [-0.4, -0.2) is 38.1 Å². The van der Waals surface area contributed by atoms with Crippen LogP contribution in [0.25, 0.3) is 0 Å². The minimum atomic E-state index is 0.729. The Bertz CT molecular complexity index is 121. The fraction of sp³-hybridized carbons (Fsp3) is 1.00. The highest BCUT2D eigenvalue weighted by molar-refractivity contribution is 4.95. The number of piperidine rings is 1. The predicted molar refractivity (Wildman–Crippen MR) is 76.1 cm³/mol. The lowest BCUT2D eigenvalue weighted by Crippen LogP contribution is -2.57. The number of hydrogen-bond donors (Lipinski definition) is 1. The summed E-state index contributed by atoms with van der Waals surface area (Å²) in [4.78, 5) is 2.43. The standard InChI is InChI=1S/C8H16N2.3C2H6/c1-10-4-2-8(3-5-10)6-9-7-8;3*1-2/h9H,2-7H2,1H3;3*1-2H3. The predicted octanol–water partition coefficient (Wildman–Crippen LogP) is 3.38. The molecule has 100 valence electrons. The van der Waals surface area contributed by atoms with E-state index in [4.69, 9.17) is 0 Å². The molecule has 0 radical (unpaired) electrons. The average molecular weight is 230 g/mol. The van der Waals surface area contributed by atoms with Gasteiger partial charge in [-0.05, 0) is 38.4 Å². The molecule has 1 N–H and O–H groups in total. The van der Waals surface area contributed by atoms with Gasteiger partial charge in [-0.25, -0.2) is 0 Å². The Hall–Kier alpha value is -0.0800. The first-order valence-electron chi connectivity index (χ1n) is 7.20. The van der Waals surface area contributed by atoms with E-state index in [0.29, 0.717) is 0 Å². The van der Waals surface area contributed by atoms with Gasteiger partial charge in [0.2, 0.25) is 0 Å². The van der Waals surface area contributed by atoms with Crippen LogP contribution in [0.1, 0.15) is 54.4 Å². The van der Waals surface area contributed by atoms with E-state index in [9.17, 15) is 0 Å². The highest BCUT2D eigenvalue weighted by Gasteiger charge is 2.38. The lowest BCUT2D eigenvalue weighted by Gasteiger charge is -2.47. The Balaban J connectivity index is 0.